The third-order valence-electron chi connectivity index (χ3n) is 4.37. The largest absolute Gasteiger partial charge is 0.311 e. The molecular formula is C18H20ClNO. The third-order valence-corrected chi connectivity index (χ3v) is 4.60. The highest BCUT2D eigenvalue weighted by Gasteiger charge is 2.15. The van der Waals surface area contributed by atoms with E-state index in [1.54, 1.807) is 16.8 Å². The van der Waals surface area contributed by atoms with Crippen LogP contribution in [0.3, 0.4) is 0 Å². The number of nitrogens with zero attached hydrogens (tertiary/aromatic N) is 1. The standard InChI is InChI=1S/C18H20ClNO/c19-17-10-11-20(18(21)12-17)13-14-6-8-16(9-7-14)15-4-2-1-3-5-15/h6-12,15H,1-5,13H2. The minimum absolute atomic E-state index is 0.0566. The lowest BCUT2D eigenvalue weighted by atomic mass is 9.84. The second kappa shape index (κ2) is 6.48. The van der Waals surface area contributed by atoms with E-state index in [4.69, 9.17) is 11.6 Å². The van der Waals surface area contributed by atoms with Crippen molar-refractivity contribution in [1.29, 1.82) is 0 Å². The molecule has 0 bridgehead atoms. The maximum absolute atomic E-state index is 11.8. The van der Waals surface area contributed by atoms with E-state index < -0.39 is 0 Å². The molecule has 2 nitrogen and oxygen atoms in total. The highest BCUT2D eigenvalue weighted by Crippen LogP contribution is 2.32. The molecule has 0 spiro atoms. The second-order valence-electron chi connectivity index (χ2n) is 5.89. The maximum Gasteiger partial charge on any atom is 0.252 e. The summed E-state index contributed by atoms with van der Waals surface area (Å²) < 4.78 is 1.68. The van der Waals surface area contributed by atoms with Crippen molar-refractivity contribution >= 4 is 11.6 Å². The SMILES string of the molecule is O=c1cc(Cl)ccn1Cc1ccc(C2CCCCC2)cc1. The number of pyridine rings is 1. The van der Waals surface area contributed by atoms with E-state index in [0.717, 1.165) is 11.5 Å². The van der Waals surface area contributed by atoms with Crippen LogP contribution in [0.2, 0.25) is 5.02 Å². The minimum Gasteiger partial charge on any atom is -0.311 e. The molecular weight excluding hydrogens is 282 g/mol. The molecule has 110 valence electrons. The van der Waals surface area contributed by atoms with Crippen LogP contribution in [-0.2, 0) is 6.54 Å². The van der Waals surface area contributed by atoms with E-state index in [1.165, 1.54) is 43.7 Å². The molecule has 0 N–H and O–H groups in total. The van der Waals surface area contributed by atoms with Crippen LogP contribution >= 0.6 is 11.6 Å². The van der Waals surface area contributed by atoms with Crippen LogP contribution in [0, 0.1) is 0 Å². The minimum atomic E-state index is -0.0566. The first-order chi connectivity index (χ1) is 10.2. The quantitative estimate of drug-likeness (QED) is 0.812. The maximum atomic E-state index is 11.8. The Bertz CT molecular complexity index is 654. The van der Waals surface area contributed by atoms with E-state index in [9.17, 15) is 4.79 Å². The van der Waals surface area contributed by atoms with Gasteiger partial charge in [-0.25, -0.2) is 0 Å². The summed E-state index contributed by atoms with van der Waals surface area (Å²) in [5.74, 6) is 0.728. The Balaban J connectivity index is 1.73. The van der Waals surface area contributed by atoms with Gasteiger partial charge in [-0.15, -0.1) is 0 Å². The van der Waals surface area contributed by atoms with Gasteiger partial charge in [-0.1, -0.05) is 55.1 Å². The van der Waals surface area contributed by atoms with Crippen LogP contribution in [0.1, 0.15) is 49.1 Å². The van der Waals surface area contributed by atoms with Gasteiger partial charge in [0.25, 0.3) is 5.56 Å². The predicted molar refractivity (Wildman–Crippen MR) is 87.1 cm³/mol. The molecule has 0 atom stereocenters. The van der Waals surface area contributed by atoms with Gasteiger partial charge >= 0.3 is 0 Å². The summed E-state index contributed by atoms with van der Waals surface area (Å²) in [6, 6.07) is 12.0. The molecule has 1 aromatic heterocycles. The average Bonchev–Trinajstić information content (AvgIpc) is 2.52. The van der Waals surface area contributed by atoms with Crippen LogP contribution in [0.25, 0.3) is 0 Å². The highest BCUT2D eigenvalue weighted by atomic mass is 35.5. The van der Waals surface area contributed by atoms with E-state index in [1.807, 2.05) is 0 Å². The molecule has 1 aromatic carbocycles. The van der Waals surface area contributed by atoms with Crippen molar-refractivity contribution in [3.05, 3.63) is 69.1 Å². The average molecular weight is 302 g/mol. The van der Waals surface area contributed by atoms with Gasteiger partial charge in [0.2, 0.25) is 0 Å². The Morgan fingerprint density at radius 3 is 2.43 bits per heavy atom. The first-order valence-electron chi connectivity index (χ1n) is 7.67. The lowest BCUT2D eigenvalue weighted by Gasteiger charge is -2.22. The number of rotatable bonds is 3. The van der Waals surface area contributed by atoms with Crippen molar-refractivity contribution in [2.75, 3.05) is 0 Å². The van der Waals surface area contributed by atoms with Crippen LogP contribution < -0.4 is 5.56 Å². The zero-order valence-electron chi connectivity index (χ0n) is 12.1. The monoisotopic (exact) mass is 301 g/mol. The fourth-order valence-corrected chi connectivity index (χ4v) is 3.29. The molecule has 2 aromatic rings. The summed E-state index contributed by atoms with van der Waals surface area (Å²) in [6.45, 7) is 0.598. The van der Waals surface area contributed by atoms with Crippen LogP contribution in [0.5, 0.6) is 0 Å². The van der Waals surface area contributed by atoms with Crippen LogP contribution in [0.4, 0.5) is 0 Å². The lowest BCUT2D eigenvalue weighted by Crippen LogP contribution is -2.18. The Morgan fingerprint density at radius 2 is 1.76 bits per heavy atom. The fraction of sp³-hybridized carbons (Fsp3) is 0.389. The molecule has 0 saturated heterocycles. The van der Waals surface area contributed by atoms with Gasteiger partial charge in [-0.3, -0.25) is 4.79 Å². The van der Waals surface area contributed by atoms with Gasteiger partial charge in [-0.05, 0) is 36.0 Å². The molecule has 3 heteroatoms. The van der Waals surface area contributed by atoms with Crippen molar-refractivity contribution in [1.82, 2.24) is 4.57 Å². The van der Waals surface area contributed by atoms with Gasteiger partial charge in [0, 0.05) is 17.3 Å². The third kappa shape index (κ3) is 3.56. The van der Waals surface area contributed by atoms with Gasteiger partial charge in [-0.2, -0.15) is 0 Å². The zero-order chi connectivity index (χ0) is 14.7. The summed E-state index contributed by atoms with van der Waals surface area (Å²) >= 11 is 5.81. The normalized spacial score (nSPS) is 16.0. The first-order valence-corrected chi connectivity index (χ1v) is 8.05. The Hall–Kier alpha value is -1.54. The molecule has 0 radical (unpaired) electrons. The molecule has 1 saturated carbocycles. The van der Waals surface area contributed by atoms with Crippen molar-refractivity contribution in [2.24, 2.45) is 0 Å². The zero-order valence-corrected chi connectivity index (χ0v) is 12.9. The van der Waals surface area contributed by atoms with Gasteiger partial charge < -0.3 is 4.57 Å². The summed E-state index contributed by atoms with van der Waals surface area (Å²) in [4.78, 5) is 11.8. The predicted octanol–water partition coefficient (Wildman–Crippen LogP) is 4.60. The molecule has 0 aliphatic heterocycles. The van der Waals surface area contributed by atoms with Crippen molar-refractivity contribution in [3.63, 3.8) is 0 Å². The summed E-state index contributed by atoms with van der Waals surface area (Å²) in [5.41, 5.74) is 2.54. The summed E-state index contributed by atoms with van der Waals surface area (Å²) in [6.07, 6.45) is 8.47. The Kier molecular flexibility index (Phi) is 4.45. The number of halogens is 1. The molecule has 1 fully saturated rings. The summed E-state index contributed by atoms with van der Waals surface area (Å²) in [5, 5.41) is 0.490. The second-order valence-corrected chi connectivity index (χ2v) is 6.32. The Labute approximate surface area is 130 Å². The number of hydrogen-bond donors (Lipinski definition) is 0. The van der Waals surface area contributed by atoms with Crippen molar-refractivity contribution < 1.29 is 0 Å². The van der Waals surface area contributed by atoms with Crippen LogP contribution in [0.15, 0.2) is 47.4 Å². The van der Waals surface area contributed by atoms with E-state index in [2.05, 4.69) is 24.3 Å². The molecule has 3 rings (SSSR count). The molecule has 1 aliphatic carbocycles. The van der Waals surface area contributed by atoms with Gasteiger partial charge in [0.1, 0.15) is 0 Å². The fourth-order valence-electron chi connectivity index (χ4n) is 3.14. The molecule has 1 heterocycles. The summed E-state index contributed by atoms with van der Waals surface area (Å²) in [7, 11) is 0. The lowest BCUT2D eigenvalue weighted by molar-refractivity contribution is 0.443. The van der Waals surface area contributed by atoms with E-state index in [0.29, 0.717) is 11.6 Å². The van der Waals surface area contributed by atoms with E-state index in [-0.39, 0.29) is 5.56 Å². The van der Waals surface area contributed by atoms with Crippen molar-refractivity contribution in [3.8, 4) is 0 Å². The smallest absolute Gasteiger partial charge is 0.252 e. The molecule has 0 unspecified atom stereocenters. The number of benzene rings is 1. The first kappa shape index (κ1) is 14.4. The number of aromatic nitrogens is 1. The Morgan fingerprint density at radius 1 is 1.05 bits per heavy atom. The number of hydrogen-bond acceptors (Lipinski definition) is 1. The molecule has 21 heavy (non-hydrogen) atoms. The van der Waals surface area contributed by atoms with E-state index >= 15 is 0 Å². The van der Waals surface area contributed by atoms with Crippen molar-refractivity contribution in [2.45, 2.75) is 44.6 Å². The molecule has 1 aliphatic rings. The van der Waals surface area contributed by atoms with Gasteiger partial charge in [0.15, 0.2) is 0 Å². The topological polar surface area (TPSA) is 22.0 Å². The molecule has 0 amide bonds. The van der Waals surface area contributed by atoms with Gasteiger partial charge in [0.05, 0.1) is 6.54 Å². The highest BCUT2D eigenvalue weighted by molar-refractivity contribution is 6.30. The van der Waals surface area contributed by atoms with Crippen LogP contribution in [-0.4, -0.2) is 4.57 Å².